The van der Waals surface area contributed by atoms with Crippen LogP contribution >= 0.6 is 0 Å². The smallest absolute Gasteiger partial charge is 0.275 e. The number of rotatable bonds is 8. The number of likely N-dealkylation sites (N-methyl/N-ethyl adjacent to an activating group) is 1. The Morgan fingerprint density at radius 3 is 2.57 bits per heavy atom. The van der Waals surface area contributed by atoms with Crippen LogP contribution in [-0.4, -0.2) is 68.0 Å². The summed E-state index contributed by atoms with van der Waals surface area (Å²) in [6, 6.07) is 0.331. The Kier molecular flexibility index (Phi) is 6.65. The van der Waals surface area contributed by atoms with Gasteiger partial charge in [-0.05, 0) is 25.7 Å². The van der Waals surface area contributed by atoms with E-state index in [0.717, 1.165) is 32.2 Å². The Bertz CT molecular complexity index is 363. The summed E-state index contributed by atoms with van der Waals surface area (Å²) >= 11 is 0. The van der Waals surface area contributed by atoms with Gasteiger partial charge in [-0.25, -0.2) is 0 Å². The highest BCUT2D eigenvalue weighted by atomic mass is 16.2. The largest absolute Gasteiger partial charge is 0.351 e. The molecule has 2 unspecified atom stereocenters. The van der Waals surface area contributed by atoms with Crippen LogP contribution in [0.25, 0.3) is 0 Å². The molecule has 1 N–H and O–H groups in total. The molecule has 1 heterocycles. The van der Waals surface area contributed by atoms with Gasteiger partial charge in [-0.1, -0.05) is 13.8 Å². The molecule has 0 aromatic rings. The normalized spacial score (nSPS) is 20.7. The SMILES string of the molecule is CCC(CCCNC(=O)C[N+](C)(C)C)N1CCC(C)C1=O. The summed E-state index contributed by atoms with van der Waals surface area (Å²) < 4.78 is 0.642. The molecule has 0 radical (unpaired) electrons. The summed E-state index contributed by atoms with van der Waals surface area (Å²) in [5.41, 5.74) is 0. The van der Waals surface area contributed by atoms with Crippen molar-refractivity contribution in [3.05, 3.63) is 0 Å². The zero-order valence-corrected chi connectivity index (χ0v) is 14.3. The fourth-order valence-corrected chi connectivity index (χ4v) is 2.84. The summed E-state index contributed by atoms with van der Waals surface area (Å²) in [7, 11) is 6.02. The summed E-state index contributed by atoms with van der Waals surface area (Å²) in [6.45, 7) is 6.25. The molecule has 2 amide bonds. The lowest BCUT2D eigenvalue weighted by Gasteiger charge is -2.27. The zero-order chi connectivity index (χ0) is 16.0. The van der Waals surface area contributed by atoms with Gasteiger partial charge in [-0.3, -0.25) is 9.59 Å². The van der Waals surface area contributed by atoms with E-state index >= 15 is 0 Å². The Morgan fingerprint density at radius 2 is 2.10 bits per heavy atom. The van der Waals surface area contributed by atoms with E-state index in [2.05, 4.69) is 12.2 Å². The number of likely N-dealkylation sites (tertiary alicyclic amines) is 1. The standard InChI is InChI=1S/C16H31N3O2/c1-6-14(18-11-9-13(2)16(18)21)8-7-10-17-15(20)12-19(3,4)5/h13-14H,6-12H2,1-5H3/p+1. The van der Waals surface area contributed by atoms with Crippen LogP contribution in [0.15, 0.2) is 0 Å². The molecule has 5 nitrogen and oxygen atoms in total. The van der Waals surface area contributed by atoms with Crippen LogP contribution in [-0.2, 0) is 9.59 Å². The molecule has 0 aliphatic carbocycles. The van der Waals surface area contributed by atoms with E-state index in [4.69, 9.17) is 0 Å². The predicted molar refractivity (Wildman–Crippen MR) is 84.7 cm³/mol. The number of carbonyl (C=O) groups excluding carboxylic acids is 2. The van der Waals surface area contributed by atoms with Crippen LogP contribution in [0.3, 0.4) is 0 Å². The maximum Gasteiger partial charge on any atom is 0.275 e. The molecule has 0 spiro atoms. The van der Waals surface area contributed by atoms with Crippen LogP contribution in [0.2, 0.25) is 0 Å². The number of carbonyl (C=O) groups is 2. The second-order valence-electron chi connectivity index (χ2n) is 7.22. The van der Waals surface area contributed by atoms with Crippen molar-refractivity contribution >= 4 is 11.8 Å². The molecule has 0 saturated carbocycles. The minimum Gasteiger partial charge on any atom is -0.351 e. The molecule has 1 rings (SSSR count). The molecule has 21 heavy (non-hydrogen) atoms. The van der Waals surface area contributed by atoms with Crippen LogP contribution < -0.4 is 5.32 Å². The highest BCUT2D eigenvalue weighted by Crippen LogP contribution is 2.23. The quantitative estimate of drug-likeness (QED) is 0.541. The number of quaternary nitrogens is 1. The first kappa shape index (κ1) is 18.0. The third-order valence-corrected chi connectivity index (χ3v) is 4.07. The lowest BCUT2D eigenvalue weighted by Crippen LogP contribution is -2.44. The lowest BCUT2D eigenvalue weighted by atomic mass is 10.1. The van der Waals surface area contributed by atoms with E-state index in [1.807, 2.05) is 33.0 Å². The molecule has 0 aromatic carbocycles. The molecule has 0 aromatic heterocycles. The highest BCUT2D eigenvalue weighted by Gasteiger charge is 2.31. The van der Waals surface area contributed by atoms with Gasteiger partial charge in [-0.15, -0.1) is 0 Å². The van der Waals surface area contributed by atoms with Gasteiger partial charge in [0.1, 0.15) is 0 Å². The Hall–Kier alpha value is -1.10. The third-order valence-electron chi connectivity index (χ3n) is 4.07. The second-order valence-corrected chi connectivity index (χ2v) is 7.22. The van der Waals surface area contributed by atoms with Crippen molar-refractivity contribution in [3.63, 3.8) is 0 Å². The maximum absolute atomic E-state index is 12.1. The molecular formula is C16H32N3O2+. The number of nitrogens with zero attached hydrogens (tertiary/aromatic N) is 2. The zero-order valence-electron chi connectivity index (χ0n) is 14.3. The first-order chi connectivity index (χ1) is 9.74. The minimum atomic E-state index is 0.0985. The number of hydrogen-bond donors (Lipinski definition) is 1. The summed E-state index contributed by atoms with van der Waals surface area (Å²) in [5.74, 6) is 0.584. The molecule has 1 fully saturated rings. The van der Waals surface area contributed by atoms with Gasteiger partial charge in [0.2, 0.25) is 5.91 Å². The fourth-order valence-electron chi connectivity index (χ4n) is 2.84. The highest BCUT2D eigenvalue weighted by molar-refractivity contribution is 5.80. The van der Waals surface area contributed by atoms with Crippen molar-refractivity contribution in [3.8, 4) is 0 Å². The summed E-state index contributed by atoms with van der Waals surface area (Å²) in [6.07, 6.45) is 3.88. The predicted octanol–water partition coefficient (Wildman–Crippen LogP) is 1.24. The van der Waals surface area contributed by atoms with Gasteiger partial charge in [0.25, 0.3) is 5.91 Å². The van der Waals surface area contributed by atoms with Crippen molar-refractivity contribution in [1.82, 2.24) is 10.2 Å². The molecule has 1 aliphatic heterocycles. The average Bonchev–Trinajstić information content (AvgIpc) is 2.69. The monoisotopic (exact) mass is 298 g/mol. The van der Waals surface area contributed by atoms with Gasteiger partial charge in [0.15, 0.2) is 6.54 Å². The van der Waals surface area contributed by atoms with Crippen LogP contribution in [0, 0.1) is 5.92 Å². The lowest BCUT2D eigenvalue weighted by molar-refractivity contribution is -0.862. The number of amides is 2. The van der Waals surface area contributed by atoms with E-state index in [1.165, 1.54) is 0 Å². The van der Waals surface area contributed by atoms with Crippen molar-refractivity contribution in [2.45, 2.75) is 45.6 Å². The average molecular weight is 298 g/mol. The van der Waals surface area contributed by atoms with E-state index in [1.54, 1.807) is 0 Å². The van der Waals surface area contributed by atoms with E-state index < -0.39 is 0 Å². The van der Waals surface area contributed by atoms with Crippen molar-refractivity contribution in [2.24, 2.45) is 5.92 Å². The Labute approximate surface area is 129 Å². The van der Waals surface area contributed by atoms with Crippen LogP contribution in [0.4, 0.5) is 0 Å². The minimum absolute atomic E-state index is 0.0985. The fraction of sp³-hybridized carbons (Fsp3) is 0.875. The van der Waals surface area contributed by atoms with Gasteiger partial charge >= 0.3 is 0 Å². The molecule has 5 heteroatoms. The van der Waals surface area contributed by atoms with Crippen LogP contribution in [0.1, 0.15) is 39.5 Å². The first-order valence-corrected chi connectivity index (χ1v) is 8.12. The van der Waals surface area contributed by atoms with Crippen molar-refractivity contribution < 1.29 is 14.1 Å². The summed E-state index contributed by atoms with van der Waals surface area (Å²) in [4.78, 5) is 25.8. The molecule has 0 bridgehead atoms. The van der Waals surface area contributed by atoms with Gasteiger partial charge in [0, 0.05) is 25.0 Å². The maximum atomic E-state index is 12.1. The van der Waals surface area contributed by atoms with Gasteiger partial charge in [0.05, 0.1) is 21.1 Å². The van der Waals surface area contributed by atoms with E-state index in [9.17, 15) is 9.59 Å². The van der Waals surface area contributed by atoms with Gasteiger partial charge < -0.3 is 14.7 Å². The number of hydrogen-bond acceptors (Lipinski definition) is 2. The molecular weight excluding hydrogens is 266 g/mol. The van der Waals surface area contributed by atoms with Gasteiger partial charge in [-0.2, -0.15) is 0 Å². The van der Waals surface area contributed by atoms with Crippen LogP contribution in [0.5, 0.6) is 0 Å². The molecule has 1 saturated heterocycles. The molecule has 122 valence electrons. The molecule has 1 aliphatic rings. The van der Waals surface area contributed by atoms with E-state index in [-0.39, 0.29) is 11.8 Å². The first-order valence-electron chi connectivity index (χ1n) is 8.12. The molecule has 2 atom stereocenters. The Balaban J connectivity index is 2.27. The second kappa shape index (κ2) is 7.78. The Morgan fingerprint density at radius 1 is 1.43 bits per heavy atom. The summed E-state index contributed by atoms with van der Waals surface area (Å²) in [5, 5.41) is 2.97. The van der Waals surface area contributed by atoms with E-state index in [0.29, 0.717) is 29.5 Å². The van der Waals surface area contributed by atoms with Crippen molar-refractivity contribution in [2.75, 3.05) is 40.8 Å². The third kappa shape index (κ3) is 6.04. The van der Waals surface area contributed by atoms with Crippen molar-refractivity contribution in [1.29, 1.82) is 0 Å². The number of nitrogens with one attached hydrogen (secondary N) is 1. The topological polar surface area (TPSA) is 49.4 Å².